The van der Waals surface area contributed by atoms with Gasteiger partial charge in [-0.3, -0.25) is 15.8 Å². The summed E-state index contributed by atoms with van der Waals surface area (Å²) in [6.45, 7) is 0.914. The highest BCUT2D eigenvalue weighted by molar-refractivity contribution is 5.85. The average molecular weight is 237 g/mol. The molecule has 16 heavy (non-hydrogen) atoms. The summed E-state index contributed by atoms with van der Waals surface area (Å²) < 4.78 is 0. The van der Waals surface area contributed by atoms with Gasteiger partial charge in [0, 0.05) is 13.0 Å². The minimum atomic E-state index is 0. The molecule has 1 aliphatic rings. The van der Waals surface area contributed by atoms with Gasteiger partial charge in [0.15, 0.2) is 0 Å². The molecule has 0 radical (unpaired) electrons. The second-order valence-electron chi connectivity index (χ2n) is 3.37. The fraction of sp³-hybridized carbons (Fsp3) is 0.273. The molecule has 84 valence electrons. The summed E-state index contributed by atoms with van der Waals surface area (Å²) in [4.78, 5) is 4.28. The van der Waals surface area contributed by atoms with E-state index in [0.29, 0.717) is 5.56 Å². The molecule has 2 N–H and O–H groups in total. The molecule has 0 bridgehead atoms. The number of rotatable bonds is 2. The van der Waals surface area contributed by atoms with E-state index in [9.17, 15) is 0 Å². The second kappa shape index (κ2) is 5.99. The van der Waals surface area contributed by atoms with Crippen LogP contribution >= 0.6 is 12.4 Å². The third-order valence-electron chi connectivity index (χ3n) is 2.24. The number of nitrogens with zero attached hydrogens (tertiary/aromatic N) is 2. The van der Waals surface area contributed by atoms with Crippen molar-refractivity contribution in [3.05, 3.63) is 29.8 Å². The Balaban J connectivity index is 0.00000128. The number of nitrogens with one attached hydrogen (secondary N) is 2. The van der Waals surface area contributed by atoms with Crippen LogP contribution in [0.5, 0.6) is 0 Å². The molecular weight excluding hydrogens is 224 g/mol. The van der Waals surface area contributed by atoms with Crippen molar-refractivity contribution in [1.82, 2.24) is 5.43 Å². The minimum Gasteiger partial charge on any atom is -0.300 e. The lowest BCUT2D eigenvalue weighted by molar-refractivity contribution is 0.944. The fourth-order valence-corrected chi connectivity index (χ4v) is 1.41. The molecule has 1 aromatic rings. The SMILES string of the molecule is Cl.N#Cc1ccc(NNC2=NCCC2)cc1. The van der Waals surface area contributed by atoms with Gasteiger partial charge in [-0.15, -0.1) is 12.4 Å². The Morgan fingerprint density at radius 2 is 1.94 bits per heavy atom. The zero-order chi connectivity index (χ0) is 10.5. The second-order valence-corrected chi connectivity index (χ2v) is 3.37. The monoisotopic (exact) mass is 236 g/mol. The molecule has 0 saturated heterocycles. The maximum atomic E-state index is 8.63. The van der Waals surface area contributed by atoms with Crippen molar-refractivity contribution in [3.8, 4) is 6.07 Å². The highest BCUT2D eigenvalue weighted by atomic mass is 35.5. The zero-order valence-electron chi connectivity index (χ0n) is 8.73. The predicted molar refractivity (Wildman–Crippen MR) is 66.7 cm³/mol. The Morgan fingerprint density at radius 1 is 1.19 bits per heavy atom. The summed E-state index contributed by atoms with van der Waals surface area (Å²) in [5, 5.41) is 8.63. The third-order valence-corrected chi connectivity index (χ3v) is 2.24. The molecule has 0 aliphatic carbocycles. The molecule has 4 nitrogen and oxygen atoms in total. The van der Waals surface area contributed by atoms with Crippen LogP contribution < -0.4 is 10.9 Å². The van der Waals surface area contributed by atoms with Gasteiger partial charge >= 0.3 is 0 Å². The number of amidine groups is 1. The Morgan fingerprint density at radius 3 is 2.50 bits per heavy atom. The van der Waals surface area contributed by atoms with Crippen molar-refractivity contribution in [2.75, 3.05) is 12.0 Å². The minimum absolute atomic E-state index is 0. The van der Waals surface area contributed by atoms with E-state index in [1.807, 2.05) is 12.1 Å². The quantitative estimate of drug-likeness (QED) is 0.773. The van der Waals surface area contributed by atoms with Crippen LogP contribution in [0.1, 0.15) is 18.4 Å². The molecule has 0 saturated carbocycles. The summed E-state index contributed by atoms with van der Waals surface area (Å²) >= 11 is 0. The van der Waals surface area contributed by atoms with E-state index in [1.165, 1.54) is 0 Å². The molecule has 0 fully saturated rings. The molecular formula is C11H13ClN4. The number of halogens is 1. The summed E-state index contributed by atoms with van der Waals surface area (Å²) in [7, 11) is 0. The topological polar surface area (TPSA) is 60.2 Å². The van der Waals surface area contributed by atoms with Crippen LogP contribution in [-0.2, 0) is 0 Å². The lowest BCUT2D eigenvalue weighted by atomic mass is 10.2. The van der Waals surface area contributed by atoms with E-state index >= 15 is 0 Å². The zero-order valence-corrected chi connectivity index (χ0v) is 9.55. The normalized spacial score (nSPS) is 13.3. The Kier molecular flexibility index (Phi) is 4.62. The van der Waals surface area contributed by atoms with Crippen LogP contribution in [-0.4, -0.2) is 12.4 Å². The standard InChI is InChI=1S/C11H12N4.ClH/c12-8-9-3-5-10(6-4-9)14-15-11-2-1-7-13-11;/h3-6,14H,1-2,7H2,(H,13,15);1H. The van der Waals surface area contributed by atoms with Gasteiger partial charge in [0.05, 0.1) is 17.3 Å². The van der Waals surface area contributed by atoms with Gasteiger partial charge in [-0.2, -0.15) is 5.26 Å². The maximum absolute atomic E-state index is 8.63. The molecule has 5 heteroatoms. The van der Waals surface area contributed by atoms with Gasteiger partial charge in [-0.05, 0) is 30.7 Å². The van der Waals surface area contributed by atoms with Crippen LogP contribution in [0.15, 0.2) is 29.3 Å². The van der Waals surface area contributed by atoms with Crippen molar-refractivity contribution >= 4 is 23.9 Å². The number of aliphatic imine (C=N–C) groups is 1. The van der Waals surface area contributed by atoms with Crippen LogP contribution in [0, 0.1) is 11.3 Å². The van der Waals surface area contributed by atoms with Crippen molar-refractivity contribution in [1.29, 1.82) is 5.26 Å². The van der Waals surface area contributed by atoms with Gasteiger partial charge in [-0.1, -0.05) is 0 Å². The molecule has 0 aromatic heterocycles. The molecule has 0 unspecified atom stereocenters. The van der Waals surface area contributed by atoms with Gasteiger partial charge in [0.1, 0.15) is 5.84 Å². The Labute approximate surface area is 101 Å². The van der Waals surface area contributed by atoms with Crippen molar-refractivity contribution in [2.45, 2.75) is 12.8 Å². The summed E-state index contributed by atoms with van der Waals surface area (Å²) in [6.07, 6.45) is 2.13. The van der Waals surface area contributed by atoms with E-state index in [-0.39, 0.29) is 12.4 Å². The van der Waals surface area contributed by atoms with E-state index in [2.05, 4.69) is 21.9 Å². The summed E-state index contributed by atoms with van der Waals surface area (Å²) in [6, 6.07) is 9.36. The Bertz CT molecular complexity index is 405. The molecule has 1 aliphatic heterocycles. The van der Waals surface area contributed by atoms with E-state index in [1.54, 1.807) is 12.1 Å². The van der Waals surface area contributed by atoms with Crippen molar-refractivity contribution in [2.24, 2.45) is 4.99 Å². The molecule has 1 heterocycles. The lowest BCUT2D eigenvalue weighted by Crippen LogP contribution is -2.27. The van der Waals surface area contributed by atoms with Crippen LogP contribution in [0.4, 0.5) is 5.69 Å². The fourth-order valence-electron chi connectivity index (χ4n) is 1.41. The highest BCUT2D eigenvalue weighted by Crippen LogP contribution is 2.08. The largest absolute Gasteiger partial charge is 0.300 e. The molecule has 0 spiro atoms. The van der Waals surface area contributed by atoms with Crippen molar-refractivity contribution < 1.29 is 0 Å². The molecule has 0 atom stereocenters. The third kappa shape index (κ3) is 3.14. The smallest absolute Gasteiger partial charge is 0.115 e. The highest BCUT2D eigenvalue weighted by Gasteiger charge is 2.04. The van der Waals surface area contributed by atoms with E-state index in [0.717, 1.165) is 30.9 Å². The van der Waals surface area contributed by atoms with Crippen LogP contribution in [0.2, 0.25) is 0 Å². The Hall–Kier alpha value is -1.73. The predicted octanol–water partition coefficient (Wildman–Crippen LogP) is 2.09. The first-order chi connectivity index (χ1) is 7.38. The first-order valence-electron chi connectivity index (χ1n) is 4.94. The van der Waals surface area contributed by atoms with Crippen LogP contribution in [0.25, 0.3) is 0 Å². The molecule has 0 amide bonds. The molecule has 2 rings (SSSR count). The number of hydrogen-bond donors (Lipinski definition) is 2. The van der Waals surface area contributed by atoms with Crippen LogP contribution in [0.3, 0.4) is 0 Å². The van der Waals surface area contributed by atoms with Gasteiger partial charge in [-0.25, -0.2) is 0 Å². The number of hydrogen-bond acceptors (Lipinski definition) is 4. The van der Waals surface area contributed by atoms with Crippen molar-refractivity contribution in [3.63, 3.8) is 0 Å². The average Bonchev–Trinajstić information content (AvgIpc) is 2.80. The van der Waals surface area contributed by atoms with Gasteiger partial charge in [0.25, 0.3) is 0 Å². The first kappa shape index (κ1) is 12.3. The number of benzene rings is 1. The van der Waals surface area contributed by atoms with E-state index in [4.69, 9.17) is 5.26 Å². The summed E-state index contributed by atoms with van der Waals surface area (Å²) in [5.74, 6) is 0.999. The maximum Gasteiger partial charge on any atom is 0.115 e. The van der Waals surface area contributed by atoms with Gasteiger partial charge < -0.3 is 0 Å². The summed E-state index contributed by atoms with van der Waals surface area (Å²) in [5.41, 5.74) is 7.70. The number of hydrazine groups is 1. The molecule has 1 aromatic carbocycles. The van der Waals surface area contributed by atoms with E-state index < -0.39 is 0 Å². The van der Waals surface area contributed by atoms with Gasteiger partial charge in [0.2, 0.25) is 0 Å². The number of nitriles is 1. The lowest BCUT2D eigenvalue weighted by Gasteiger charge is -2.08. The first-order valence-corrected chi connectivity index (χ1v) is 4.94. The number of anilines is 1.